The molecule has 0 saturated heterocycles. The molecule has 1 N–H and O–H groups in total. The topological polar surface area (TPSA) is 90.6 Å². The third-order valence-electron chi connectivity index (χ3n) is 3.13. The molecule has 0 atom stereocenters. The molecule has 144 valence electrons. The molecule has 0 heterocycles. The number of rotatable bonds is 4. The normalized spacial score (nSPS) is 11.8. The molecule has 0 aliphatic heterocycles. The van der Waals surface area contributed by atoms with Crippen molar-refractivity contribution in [3.8, 4) is 5.75 Å². The SMILES string of the molecule is O=[N+]([O-])c1ccc([O-])c(/C=N/Nc2c(F)c(F)c(C(F)(F)F)c(F)c2F)c1. The summed E-state index contributed by atoms with van der Waals surface area (Å²) < 4.78 is 91.6. The van der Waals surface area contributed by atoms with Crippen LogP contribution in [0, 0.1) is 33.4 Å². The summed E-state index contributed by atoms with van der Waals surface area (Å²) in [4.78, 5) is 9.75. The zero-order valence-electron chi connectivity index (χ0n) is 12.6. The first-order valence-electron chi connectivity index (χ1n) is 6.62. The number of alkyl halides is 3. The zero-order valence-corrected chi connectivity index (χ0v) is 12.6. The van der Waals surface area contributed by atoms with Gasteiger partial charge in [0, 0.05) is 12.1 Å². The molecule has 6 nitrogen and oxygen atoms in total. The number of anilines is 1. The average molecular weight is 396 g/mol. The van der Waals surface area contributed by atoms with Crippen molar-refractivity contribution in [2.24, 2.45) is 5.10 Å². The fourth-order valence-electron chi connectivity index (χ4n) is 1.90. The number of halogens is 7. The Kier molecular flexibility index (Phi) is 5.23. The number of nitro benzene ring substituents is 1. The van der Waals surface area contributed by atoms with E-state index in [9.17, 15) is 46.0 Å². The van der Waals surface area contributed by atoms with E-state index in [2.05, 4.69) is 5.10 Å². The van der Waals surface area contributed by atoms with E-state index in [1.807, 2.05) is 0 Å². The number of hydrogen-bond donors (Lipinski definition) is 1. The van der Waals surface area contributed by atoms with Gasteiger partial charge in [-0.2, -0.15) is 18.3 Å². The molecule has 0 bridgehead atoms. The lowest BCUT2D eigenvalue weighted by atomic mass is 10.1. The summed E-state index contributed by atoms with van der Waals surface area (Å²) in [6.45, 7) is 0. The largest absolute Gasteiger partial charge is 0.872 e. The summed E-state index contributed by atoms with van der Waals surface area (Å²) in [7, 11) is 0. The second kappa shape index (κ2) is 7.09. The molecule has 0 aliphatic rings. The molecule has 0 amide bonds. The Morgan fingerprint density at radius 3 is 2.07 bits per heavy atom. The first-order chi connectivity index (χ1) is 12.4. The van der Waals surface area contributed by atoms with Gasteiger partial charge in [0.1, 0.15) is 11.3 Å². The number of nitro groups is 1. The lowest BCUT2D eigenvalue weighted by Gasteiger charge is -2.13. The summed E-state index contributed by atoms with van der Waals surface area (Å²) >= 11 is 0. The van der Waals surface area contributed by atoms with Crippen molar-refractivity contribution in [3.05, 3.63) is 62.7 Å². The van der Waals surface area contributed by atoms with Gasteiger partial charge in [0.15, 0.2) is 23.3 Å². The highest BCUT2D eigenvalue weighted by Crippen LogP contribution is 2.38. The lowest BCUT2D eigenvalue weighted by Crippen LogP contribution is -2.16. The Morgan fingerprint density at radius 2 is 1.59 bits per heavy atom. The van der Waals surface area contributed by atoms with Crippen molar-refractivity contribution in [1.29, 1.82) is 0 Å². The smallest absolute Gasteiger partial charge is 0.422 e. The first-order valence-corrected chi connectivity index (χ1v) is 6.62. The Labute approximate surface area is 144 Å². The molecule has 0 radical (unpaired) electrons. The number of non-ortho nitro benzene ring substituents is 1. The fourth-order valence-corrected chi connectivity index (χ4v) is 1.90. The van der Waals surface area contributed by atoms with Gasteiger partial charge in [0.05, 0.1) is 11.1 Å². The number of nitrogens with zero attached hydrogens (tertiary/aromatic N) is 2. The molecular formula is C14H5F7N3O3-. The van der Waals surface area contributed by atoms with E-state index in [1.54, 1.807) is 0 Å². The van der Waals surface area contributed by atoms with Crippen LogP contribution in [0.1, 0.15) is 11.1 Å². The molecule has 2 aromatic rings. The number of nitrogens with one attached hydrogen (secondary N) is 1. The maximum absolute atomic E-state index is 13.6. The maximum Gasteiger partial charge on any atom is 0.422 e. The Hall–Kier alpha value is -3.38. The van der Waals surface area contributed by atoms with E-state index in [4.69, 9.17) is 0 Å². The minimum Gasteiger partial charge on any atom is -0.872 e. The van der Waals surface area contributed by atoms with Crippen LogP contribution in [0.25, 0.3) is 0 Å². The van der Waals surface area contributed by atoms with E-state index in [1.165, 1.54) is 5.43 Å². The van der Waals surface area contributed by atoms with Gasteiger partial charge >= 0.3 is 6.18 Å². The summed E-state index contributed by atoms with van der Waals surface area (Å²) in [5, 5.41) is 25.2. The van der Waals surface area contributed by atoms with Gasteiger partial charge in [-0.25, -0.2) is 17.6 Å². The molecule has 27 heavy (non-hydrogen) atoms. The predicted molar refractivity (Wildman–Crippen MR) is 75.0 cm³/mol. The highest BCUT2D eigenvalue weighted by Gasteiger charge is 2.42. The Morgan fingerprint density at radius 1 is 1.04 bits per heavy atom. The molecule has 13 heteroatoms. The van der Waals surface area contributed by atoms with Gasteiger partial charge < -0.3 is 5.11 Å². The van der Waals surface area contributed by atoms with Crippen molar-refractivity contribution < 1.29 is 40.8 Å². The average Bonchev–Trinajstić information content (AvgIpc) is 2.56. The first kappa shape index (κ1) is 19.9. The van der Waals surface area contributed by atoms with Crippen LogP contribution < -0.4 is 10.5 Å². The van der Waals surface area contributed by atoms with E-state index >= 15 is 0 Å². The molecular weight excluding hydrogens is 391 g/mol. The van der Waals surface area contributed by atoms with Crippen molar-refractivity contribution in [3.63, 3.8) is 0 Å². The third kappa shape index (κ3) is 3.91. The van der Waals surface area contributed by atoms with Crippen LogP contribution >= 0.6 is 0 Å². The fraction of sp³-hybridized carbons (Fsp3) is 0.0714. The van der Waals surface area contributed by atoms with Gasteiger partial charge in [-0.05, 0) is 5.56 Å². The summed E-state index contributed by atoms with van der Waals surface area (Å²) in [5.74, 6) is -11.0. The highest BCUT2D eigenvalue weighted by atomic mass is 19.4. The minimum absolute atomic E-state index is 0.439. The number of hydrogen-bond acceptors (Lipinski definition) is 5. The quantitative estimate of drug-likeness (QED) is 0.281. The van der Waals surface area contributed by atoms with Crippen LogP contribution in [0.4, 0.5) is 42.1 Å². The maximum atomic E-state index is 13.6. The van der Waals surface area contributed by atoms with Crippen LogP contribution in [0.15, 0.2) is 23.3 Å². The van der Waals surface area contributed by atoms with E-state index in [-0.39, 0.29) is 0 Å². The van der Waals surface area contributed by atoms with Gasteiger partial charge in [-0.15, -0.1) is 0 Å². The second-order valence-electron chi connectivity index (χ2n) is 4.85. The van der Waals surface area contributed by atoms with Crippen molar-refractivity contribution in [2.45, 2.75) is 6.18 Å². The molecule has 0 fully saturated rings. The number of hydrazone groups is 1. The van der Waals surface area contributed by atoms with Gasteiger partial charge in [-0.1, -0.05) is 11.8 Å². The molecule has 0 spiro atoms. The minimum atomic E-state index is -5.70. The summed E-state index contributed by atoms with van der Waals surface area (Å²) in [6.07, 6.45) is -5.17. The van der Waals surface area contributed by atoms with E-state index in [0.29, 0.717) is 6.21 Å². The zero-order chi connectivity index (χ0) is 20.5. The predicted octanol–water partition coefficient (Wildman–Crippen LogP) is 3.69. The van der Waals surface area contributed by atoms with E-state index < -0.39 is 62.6 Å². The molecule has 0 saturated carbocycles. The lowest BCUT2D eigenvalue weighted by molar-refractivity contribution is -0.385. The van der Waals surface area contributed by atoms with Gasteiger partial charge in [-0.3, -0.25) is 15.5 Å². The monoisotopic (exact) mass is 396 g/mol. The number of benzene rings is 2. The molecule has 2 rings (SSSR count). The Bertz CT molecular complexity index is 916. The van der Waals surface area contributed by atoms with Crippen LogP contribution in [-0.4, -0.2) is 11.1 Å². The van der Waals surface area contributed by atoms with E-state index in [0.717, 1.165) is 18.2 Å². The summed E-state index contributed by atoms with van der Waals surface area (Å²) in [6, 6.07) is 2.40. The van der Waals surface area contributed by atoms with Crippen LogP contribution in [0.5, 0.6) is 5.75 Å². The standard InChI is InChI=1S/C14H6F7N3O3/c15-9-8(14(19,20)21)10(16)12(18)13(11(9)17)23-22-4-5-3-6(24(26)27)1-2-7(5)25/h1-4,23,25H/p-1/b22-4+. The van der Waals surface area contributed by atoms with Gasteiger partial charge in [0.25, 0.3) is 5.69 Å². The van der Waals surface area contributed by atoms with Crippen molar-refractivity contribution in [1.82, 2.24) is 0 Å². The molecule has 2 aromatic carbocycles. The van der Waals surface area contributed by atoms with Crippen molar-refractivity contribution >= 4 is 17.6 Å². The van der Waals surface area contributed by atoms with Crippen LogP contribution in [-0.2, 0) is 6.18 Å². The molecule has 0 aliphatic carbocycles. The van der Waals surface area contributed by atoms with Crippen LogP contribution in [0.3, 0.4) is 0 Å². The van der Waals surface area contributed by atoms with Crippen LogP contribution in [0.2, 0.25) is 0 Å². The molecule has 0 aromatic heterocycles. The van der Waals surface area contributed by atoms with Crippen molar-refractivity contribution in [2.75, 3.05) is 5.43 Å². The summed E-state index contributed by atoms with van der Waals surface area (Å²) in [5.41, 5.74) is -3.98. The Balaban J connectivity index is 2.41. The third-order valence-corrected chi connectivity index (χ3v) is 3.13. The molecule has 0 unspecified atom stereocenters. The van der Waals surface area contributed by atoms with Gasteiger partial charge in [0.2, 0.25) is 0 Å². The highest BCUT2D eigenvalue weighted by molar-refractivity contribution is 5.84. The second-order valence-corrected chi connectivity index (χ2v) is 4.85.